The number of nitrogens with zero attached hydrogens (tertiary/aromatic N) is 1. The highest BCUT2D eigenvalue weighted by molar-refractivity contribution is 7.92. The summed E-state index contributed by atoms with van der Waals surface area (Å²) in [5, 5.41) is 2.62. The van der Waals surface area contributed by atoms with Gasteiger partial charge in [0.2, 0.25) is 5.91 Å². The van der Waals surface area contributed by atoms with E-state index in [-0.39, 0.29) is 10.6 Å². The van der Waals surface area contributed by atoms with Crippen LogP contribution in [0.25, 0.3) is 0 Å². The van der Waals surface area contributed by atoms with Crippen molar-refractivity contribution >= 4 is 33.3 Å². The maximum Gasteiger partial charge on any atom is 0.338 e. The molecule has 0 heterocycles. The van der Waals surface area contributed by atoms with Crippen molar-refractivity contribution in [1.29, 1.82) is 0 Å². The first-order valence-electron chi connectivity index (χ1n) is 11.2. The zero-order valence-electron chi connectivity index (χ0n) is 19.9. The molecule has 3 aromatic carbocycles. The Morgan fingerprint density at radius 2 is 1.58 bits per heavy atom. The van der Waals surface area contributed by atoms with E-state index >= 15 is 0 Å². The van der Waals surface area contributed by atoms with Gasteiger partial charge in [0.05, 0.1) is 29.9 Å². The maximum absolute atomic E-state index is 13.5. The molecular weight excluding hydrogens is 487 g/mol. The monoisotopic (exact) mass is 514 g/mol. The number of hydrogen-bond acceptors (Lipinski definition) is 6. The Bertz CT molecular complexity index is 1280. The smallest absolute Gasteiger partial charge is 0.338 e. The van der Waals surface area contributed by atoms with Crippen LogP contribution in [0.2, 0.25) is 0 Å². The molecule has 0 saturated carbocycles. The van der Waals surface area contributed by atoms with E-state index in [4.69, 9.17) is 9.47 Å². The van der Waals surface area contributed by atoms with Crippen molar-refractivity contribution in [3.05, 3.63) is 84.2 Å². The van der Waals surface area contributed by atoms with Crippen molar-refractivity contribution in [2.24, 2.45) is 0 Å². The summed E-state index contributed by atoms with van der Waals surface area (Å²) in [6.45, 7) is 1.75. The topological polar surface area (TPSA) is 102 Å². The van der Waals surface area contributed by atoms with E-state index < -0.39 is 34.3 Å². The van der Waals surface area contributed by atoms with Gasteiger partial charge in [-0.25, -0.2) is 17.6 Å². The van der Waals surface area contributed by atoms with Gasteiger partial charge in [-0.15, -0.1) is 0 Å². The van der Waals surface area contributed by atoms with Gasteiger partial charge in [0.15, 0.2) is 0 Å². The summed E-state index contributed by atoms with van der Waals surface area (Å²) in [5.74, 6) is -1.17. The average molecular weight is 515 g/mol. The molecular formula is C26H27FN2O6S. The Morgan fingerprint density at radius 1 is 0.944 bits per heavy atom. The Balaban J connectivity index is 1.78. The van der Waals surface area contributed by atoms with Crippen LogP contribution >= 0.6 is 0 Å². The largest absolute Gasteiger partial charge is 0.497 e. The number of sulfonamides is 1. The Labute approximate surface area is 209 Å². The minimum atomic E-state index is -4.18. The number of anilines is 2. The second kappa shape index (κ2) is 12.2. The number of unbranched alkanes of at least 4 members (excludes halogenated alkanes) is 1. The van der Waals surface area contributed by atoms with Gasteiger partial charge < -0.3 is 14.8 Å². The average Bonchev–Trinajstić information content (AvgIpc) is 2.88. The molecule has 8 nitrogen and oxygen atoms in total. The minimum absolute atomic E-state index is 0.0636. The van der Waals surface area contributed by atoms with Crippen molar-refractivity contribution in [3.63, 3.8) is 0 Å². The normalized spacial score (nSPS) is 11.0. The van der Waals surface area contributed by atoms with Crippen LogP contribution in [-0.2, 0) is 19.6 Å². The summed E-state index contributed by atoms with van der Waals surface area (Å²) in [4.78, 5) is 24.8. The lowest BCUT2D eigenvalue weighted by molar-refractivity contribution is -0.114. The van der Waals surface area contributed by atoms with Gasteiger partial charge >= 0.3 is 5.97 Å². The van der Waals surface area contributed by atoms with Gasteiger partial charge in [-0.05, 0) is 79.2 Å². The molecule has 0 bridgehead atoms. The van der Waals surface area contributed by atoms with Crippen LogP contribution in [0.1, 0.15) is 30.1 Å². The molecule has 36 heavy (non-hydrogen) atoms. The lowest BCUT2D eigenvalue weighted by Gasteiger charge is -2.24. The molecule has 0 aliphatic rings. The molecule has 3 rings (SSSR count). The maximum atomic E-state index is 13.5. The molecule has 0 aliphatic heterocycles. The highest BCUT2D eigenvalue weighted by atomic mass is 32.2. The number of nitrogens with one attached hydrogen (secondary N) is 1. The van der Waals surface area contributed by atoms with Gasteiger partial charge in [-0.3, -0.25) is 9.10 Å². The van der Waals surface area contributed by atoms with Crippen LogP contribution in [0.3, 0.4) is 0 Å². The van der Waals surface area contributed by atoms with Crippen LogP contribution < -0.4 is 14.4 Å². The molecule has 0 saturated heterocycles. The standard InChI is InChI=1S/C26H27FN2O6S/c1-3-4-17-35-26(31)19-5-9-21(10-6-19)28-25(30)18-29(22-11-7-20(27)8-12-22)36(32,33)24-15-13-23(34-2)14-16-24/h5-16H,3-4,17-18H2,1-2H3,(H,28,30). The predicted octanol–water partition coefficient (Wildman–Crippen LogP) is 4.63. The Kier molecular flexibility index (Phi) is 9.02. The highest BCUT2D eigenvalue weighted by Gasteiger charge is 2.27. The number of amides is 1. The fourth-order valence-electron chi connectivity index (χ4n) is 3.21. The fourth-order valence-corrected chi connectivity index (χ4v) is 4.63. The minimum Gasteiger partial charge on any atom is -0.497 e. The molecule has 10 heteroatoms. The first kappa shape index (κ1) is 26.7. The Hall–Kier alpha value is -3.92. The van der Waals surface area contributed by atoms with Gasteiger partial charge in [-0.2, -0.15) is 0 Å². The van der Waals surface area contributed by atoms with Gasteiger partial charge in [-0.1, -0.05) is 13.3 Å². The molecule has 0 fully saturated rings. The Morgan fingerprint density at radius 3 is 2.17 bits per heavy atom. The van der Waals surface area contributed by atoms with Gasteiger partial charge in [0, 0.05) is 5.69 Å². The highest BCUT2D eigenvalue weighted by Crippen LogP contribution is 2.25. The lowest BCUT2D eigenvalue weighted by atomic mass is 10.2. The number of benzene rings is 3. The van der Waals surface area contributed by atoms with E-state index in [2.05, 4.69) is 5.32 Å². The predicted molar refractivity (Wildman–Crippen MR) is 134 cm³/mol. The summed E-state index contributed by atoms with van der Waals surface area (Å²) in [6.07, 6.45) is 1.67. The van der Waals surface area contributed by atoms with Crippen molar-refractivity contribution in [2.75, 3.05) is 29.9 Å². The summed E-state index contributed by atoms with van der Waals surface area (Å²) >= 11 is 0. The van der Waals surface area contributed by atoms with E-state index in [0.29, 0.717) is 23.6 Å². The number of methoxy groups -OCH3 is 1. The number of carbonyl (C=O) groups is 2. The summed E-state index contributed by atoms with van der Waals surface area (Å²) in [6, 6.07) is 16.6. The number of esters is 1. The number of halogens is 1. The second-order valence-corrected chi connectivity index (χ2v) is 9.64. The van der Waals surface area contributed by atoms with Crippen molar-refractivity contribution < 1.29 is 31.9 Å². The van der Waals surface area contributed by atoms with Crippen molar-refractivity contribution in [1.82, 2.24) is 0 Å². The number of ether oxygens (including phenoxy) is 2. The van der Waals surface area contributed by atoms with E-state index in [1.165, 1.54) is 67.8 Å². The molecule has 0 unspecified atom stereocenters. The van der Waals surface area contributed by atoms with Crippen LogP contribution in [-0.4, -0.2) is 40.6 Å². The van der Waals surface area contributed by atoms with Crippen LogP contribution in [0.4, 0.5) is 15.8 Å². The SMILES string of the molecule is CCCCOC(=O)c1ccc(NC(=O)CN(c2ccc(F)cc2)S(=O)(=O)c2ccc(OC)cc2)cc1. The summed E-state index contributed by atoms with van der Waals surface area (Å²) < 4.78 is 51.4. The quantitative estimate of drug-likeness (QED) is 0.296. The van der Waals surface area contributed by atoms with E-state index in [9.17, 15) is 22.4 Å². The first-order valence-corrected chi connectivity index (χ1v) is 12.7. The molecule has 1 N–H and O–H groups in total. The molecule has 0 aliphatic carbocycles. The summed E-state index contributed by atoms with van der Waals surface area (Å²) in [7, 11) is -2.72. The molecule has 0 aromatic heterocycles. The molecule has 0 radical (unpaired) electrons. The third-order valence-electron chi connectivity index (χ3n) is 5.18. The second-order valence-electron chi connectivity index (χ2n) is 7.78. The van der Waals surface area contributed by atoms with E-state index in [0.717, 1.165) is 29.3 Å². The molecule has 1 amide bonds. The van der Waals surface area contributed by atoms with Crippen molar-refractivity contribution in [3.8, 4) is 5.75 Å². The van der Waals surface area contributed by atoms with E-state index in [1.54, 1.807) is 0 Å². The molecule has 0 spiro atoms. The molecule has 190 valence electrons. The number of carbonyl (C=O) groups excluding carboxylic acids is 2. The van der Waals surface area contributed by atoms with Crippen LogP contribution in [0.5, 0.6) is 5.75 Å². The zero-order valence-corrected chi connectivity index (χ0v) is 20.8. The van der Waals surface area contributed by atoms with E-state index in [1.807, 2.05) is 6.92 Å². The number of rotatable bonds is 11. The molecule has 3 aromatic rings. The summed E-state index contributed by atoms with van der Waals surface area (Å²) in [5.41, 5.74) is 0.817. The van der Waals surface area contributed by atoms with Gasteiger partial charge in [0.1, 0.15) is 18.1 Å². The van der Waals surface area contributed by atoms with Crippen LogP contribution in [0.15, 0.2) is 77.7 Å². The third-order valence-corrected chi connectivity index (χ3v) is 6.97. The van der Waals surface area contributed by atoms with Crippen molar-refractivity contribution in [2.45, 2.75) is 24.7 Å². The van der Waals surface area contributed by atoms with Crippen LogP contribution in [0, 0.1) is 5.82 Å². The first-order chi connectivity index (χ1) is 17.2. The number of hydrogen-bond donors (Lipinski definition) is 1. The van der Waals surface area contributed by atoms with Gasteiger partial charge in [0.25, 0.3) is 10.0 Å². The zero-order chi connectivity index (χ0) is 26.1. The lowest BCUT2D eigenvalue weighted by Crippen LogP contribution is -2.38. The fraction of sp³-hybridized carbons (Fsp3) is 0.231. The molecule has 0 atom stereocenters. The third kappa shape index (κ3) is 6.82.